The number of hydrogen-bond acceptors (Lipinski definition) is 19. The van der Waals surface area contributed by atoms with E-state index in [9.17, 15) is 29.1 Å². The lowest BCUT2D eigenvalue weighted by molar-refractivity contribution is -0.688. The number of pyridine rings is 2. The lowest BCUT2D eigenvalue weighted by atomic mass is 10.0. The predicted octanol–water partition coefficient (Wildman–Crippen LogP) is 3.26. The number of carbonyl (C=O) groups excluding carboxylic acids is 5. The van der Waals surface area contributed by atoms with Crippen LogP contribution in [0.5, 0.6) is 23.0 Å². The quantitative estimate of drug-likeness (QED) is 0.0594. The van der Waals surface area contributed by atoms with Crippen molar-refractivity contribution >= 4 is 29.7 Å². The van der Waals surface area contributed by atoms with Crippen molar-refractivity contribution in [2.75, 3.05) is 34.2 Å². The van der Waals surface area contributed by atoms with Gasteiger partial charge in [-0.05, 0) is 52.7 Å². The zero-order chi connectivity index (χ0) is 53.1. The topological polar surface area (TPSA) is 257 Å². The van der Waals surface area contributed by atoms with Gasteiger partial charge in [0.25, 0.3) is 5.91 Å². The van der Waals surface area contributed by atoms with Gasteiger partial charge in [0.05, 0.1) is 52.9 Å². The molecule has 3 saturated heterocycles. The van der Waals surface area contributed by atoms with Gasteiger partial charge in [0.1, 0.15) is 36.6 Å². The Hall–Kier alpha value is -6.95. The molecule has 0 bridgehead atoms. The predicted molar refractivity (Wildman–Crippen MR) is 256 cm³/mol. The lowest BCUT2D eigenvalue weighted by Gasteiger charge is -2.33. The third-order valence-corrected chi connectivity index (χ3v) is 12.4. The molecular weight excluding hydrogens is 969 g/mol. The van der Waals surface area contributed by atoms with Gasteiger partial charge >= 0.3 is 29.5 Å². The van der Waals surface area contributed by atoms with Crippen LogP contribution in [0.2, 0.25) is 0 Å². The summed E-state index contributed by atoms with van der Waals surface area (Å²) in [6.07, 6.45) is -3.12. The summed E-state index contributed by atoms with van der Waals surface area (Å²) >= 11 is 0. The van der Waals surface area contributed by atoms with Gasteiger partial charge in [0.2, 0.25) is 19.1 Å². The van der Waals surface area contributed by atoms with Crippen LogP contribution in [-0.4, -0.2) is 141 Å². The van der Waals surface area contributed by atoms with E-state index in [1.165, 1.54) is 38.7 Å². The van der Waals surface area contributed by atoms with Gasteiger partial charge < -0.3 is 72.6 Å². The molecule has 0 saturated carbocycles. The largest absolute Gasteiger partial charge is 0.500 e. The Morgan fingerprint density at radius 2 is 1.26 bits per heavy atom. The van der Waals surface area contributed by atoms with Crippen LogP contribution in [0.4, 0.5) is 0 Å². The molecule has 22 heteroatoms. The van der Waals surface area contributed by atoms with Crippen molar-refractivity contribution in [1.82, 2.24) is 15.6 Å². The maximum atomic E-state index is 14.0. The van der Waals surface area contributed by atoms with Crippen molar-refractivity contribution in [3.8, 4) is 23.0 Å². The Bertz CT molecular complexity index is 2590. The monoisotopic (exact) mass is 1030 g/mol. The SMILES string of the molecule is COc1cc[n+](CC(=O)OCOc2c(OC)ccnc2C(=O)NC2COC(C)C(OCc3ccccc3)C(OCc3ccccc3)C(C)OC2=O)c(C(=O)NC2COC(C)C3OC(C)(C)OC3C(C)OC2=O)c1O. The minimum atomic E-state index is -1.37. The fraction of sp³-hybridized carbons (Fsp3) is 0.481. The van der Waals surface area contributed by atoms with Gasteiger partial charge in [0.15, 0.2) is 47.0 Å². The van der Waals surface area contributed by atoms with Crippen LogP contribution in [0.3, 0.4) is 0 Å². The van der Waals surface area contributed by atoms with Crippen molar-refractivity contribution in [2.24, 2.45) is 0 Å². The van der Waals surface area contributed by atoms with E-state index in [0.29, 0.717) is 0 Å². The second kappa shape index (κ2) is 24.9. The van der Waals surface area contributed by atoms with Crippen LogP contribution < -0.4 is 29.4 Å². The first-order valence-electron chi connectivity index (χ1n) is 24.0. The number of aromatic nitrogens is 2. The highest BCUT2D eigenvalue weighted by Crippen LogP contribution is 2.35. The molecule has 2 aromatic carbocycles. The Morgan fingerprint density at radius 3 is 1.85 bits per heavy atom. The van der Waals surface area contributed by atoms with Crippen molar-refractivity contribution < 1.29 is 90.5 Å². The van der Waals surface area contributed by atoms with E-state index in [2.05, 4.69) is 15.6 Å². The first kappa shape index (κ1) is 54.8. The van der Waals surface area contributed by atoms with Gasteiger partial charge in [-0.2, -0.15) is 4.57 Å². The first-order valence-corrected chi connectivity index (χ1v) is 24.0. The number of benzene rings is 2. The van der Waals surface area contributed by atoms with Crippen LogP contribution >= 0.6 is 0 Å². The molecule has 3 fully saturated rings. The molecule has 398 valence electrons. The molecule has 2 amide bonds. The zero-order valence-corrected chi connectivity index (χ0v) is 42.4. The molecule has 3 aliphatic rings. The molecule has 5 heterocycles. The van der Waals surface area contributed by atoms with Crippen LogP contribution in [0.1, 0.15) is 73.6 Å². The van der Waals surface area contributed by atoms with Gasteiger partial charge in [-0.1, -0.05) is 60.7 Å². The highest BCUT2D eigenvalue weighted by atomic mass is 16.8. The fourth-order valence-corrected chi connectivity index (χ4v) is 8.54. The summed E-state index contributed by atoms with van der Waals surface area (Å²) in [6, 6.07) is 19.0. The van der Waals surface area contributed by atoms with Crippen molar-refractivity contribution in [2.45, 2.75) is 128 Å². The van der Waals surface area contributed by atoms with E-state index in [1.807, 2.05) is 60.7 Å². The molecule has 0 aliphatic carbocycles. The third-order valence-electron chi connectivity index (χ3n) is 12.4. The first-order chi connectivity index (χ1) is 35.5. The molecule has 22 nitrogen and oxygen atoms in total. The van der Waals surface area contributed by atoms with E-state index < -0.39 is 121 Å². The summed E-state index contributed by atoms with van der Waals surface area (Å²) in [5.74, 6) is -6.49. The standard InChI is InChI=1S/C52H62N4O18/c1-29-43(67-24-33-15-11-9-12-16-33)44(68-25-34-17-13-10-14-18-34)31(3)71-50(61)35(26-65-29)54-48(59)40-47(38(64-8)19-21-53-40)70-28-69-39(57)23-56-22-20-37(63-7)42(58)41(56)49(60)55-36-27-66-30(2)45-46(32(4)72-51(36)62)74-52(5,6)73-45/h9-22,29-32,35-36,43-46H,23-28H2,1-8H3,(H2-,54,55,58,59,60)/p+1. The molecule has 7 rings (SSSR count). The number of cyclic esters (lactones) is 2. The van der Waals surface area contributed by atoms with E-state index in [4.69, 9.17) is 56.8 Å². The smallest absolute Gasteiger partial charge is 0.375 e. The fourth-order valence-electron chi connectivity index (χ4n) is 8.54. The summed E-state index contributed by atoms with van der Waals surface area (Å²) in [4.78, 5) is 72.8. The van der Waals surface area contributed by atoms with Gasteiger partial charge in [-0.3, -0.25) is 9.59 Å². The number of ether oxygens (including phenoxy) is 12. The molecule has 0 spiro atoms. The normalized spacial score (nSPS) is 25.9. The van der Waals surface area contributed by atoms with Crippen LogP contribution in [0.25, 0.3) is 0 Å². The minimum Gasteiger partial charge on any atom is -0.500 e. The highest BCUT2D eigenvalue weighted by Gasteiger charge is 2.50. The molecule has 4 aromatic rings. The second-order valence-electron chi connectivity index (χ2n) is 18.2. The van der Waals surface area contributed by atoms with Gasteiger partial charge in [-0.15, -0.1) is 0 Å². The van der Waals surface area contributed by atoms with Crippen molar-refractivity contribution in [3.63, 3.8) is 0 Å². The molecular formula is C52H63N4O18+. The number of nitrogens with zero attached hydrogens (tertiary/aromatic N) is 2. The minimum absolute atomic E-state index is 0.0188. The third kappa shape index (κ3) is 13.6. The number of esters is 3. The summed E-state index contributed by atoms with van der Waals surface area (Å²) < 4.78 is 71.5. The highest BCUT2D eigenvalue weighted by molar-refractivity contribution is 5.98. The Kier molecular flexibility index (Phi) is 18.4. The van der Waals surface area contributed by atoms with E-state index >= 15 is 0 Å². The van der Waals surface area contributed by atoms with Crippen LogP contribution in [-0.2, 0) is 76.8 Å². The van der Waals surface area contributed by atoms with E-state index in [0.717, 1.165) is 15.7 Å². The molecule has 2 aromatic heterocycles. The lowest BCUT2D eigenvalue weighted by Crippen LogP contribution is -2.51. The molecule has 3 N–H and O–H groups in total. The number of aromatic hydroxyl groups is 1. The Morgan fingerprint density at radius 1 is 0.716 bits per heavy atom. The number of amides is 2. The summed E-state index contributed by atoms with van der Waals surface area (Å²) in [5.41, 5.74) is 0.975. The van der Waals surface area contributed by atoms with E-state index in [-0.39, 0.29) is 49.4 Å². The number of rotatable bonds is 17. The van der Waals surface area contributed by atoms with Crippen LogP contribution in [0.15, 0.2) is 85.2 Å². The number of fused-ring (bicyclic) bond motifs is 1. The van der Waals surface area contributed by atoms with Gasteiger partial charge in [0, 0.05) is 18.3 Å². The summed E-state index contributed by atoms with van der Waals surface area (Å²) in [6.45, 7) is 8.58. The maximum Gasteiger partial charge on any atom is 0.375 e. The average molecular weight is 1030 g/mol. The summed E-state index contributed by atoms with van der Waals surface area (Å²) in [7, 11) is 2.58. The molecule has 10 atom stereocenters. The Labute approximate surface area is 427 Å². The number of hydrogen-bond donors (Lipinski definition) is 3. The van der Waals surface area contributed by atoms with Gasteiger partial charge in [-0.25, -0.2) is 19.4 Å². The second-order valence-corrected chi connectivity index (χ2v) is 18.2. The maximum absolute atomic E-state index is 14.0. The molecule has 74 heavy (non-hydrogen) atoms. The molecule has 3 aliphatic heterocycles. The van der Waals surface area contributed by atoms with Crippen molar-refractivity contribution in [1.29, 1.82) is 0 Å². The number of methoxy groups -OCH3 is 2. The Balaban J connectivity index is 1.01. The van der Waals surface area contributed by atoms with Crippen molar-refractivity contribution in [3.05, 3.63) is 108 Å². The van der Waals surface area contributed by atoms with E-state index in [1.54, 1.807) is 41.5 Å². The zero-order valence-electron chi connectivity index (χ0n) is 42.4. The molecule has 10 unspecified atom stereocenters. The summed E-state index contributed by atoms with van der Waals surface area (Å²) in [5, 5.41) is 16.3. The van der Waals surface area contributed by atoms with Crippen LogP contribution in [0, 0.1) is 0 Å². The average Bonchev–Trinajstić information content (AvgIpc) is 3.74. The number of carbonyl (C=O) groups is 5. The number of nitrogens with one attached hydrogen (secondary N) is 2. The molecule has 0 radical (unpaired) electrons.